The van der Waals surface area contributed by atoms with Crippen LogP contribution >= 0.6 is 0 Å². The van der Waals surface area contributed by atoms with Crippen molar-refractivity contribution in [2.45, 2.75) is 25.7 Å². The molecule has 0 unspecified atom stereocenters. The zero-order valence-electron chi connectivity index (χ0n) is 14.3. The van der Waals surface area contributed by atoms with Crippen LogP contribution in [0.2, 0.25) is 0 Å². The van der Waals surface area contributed by atoms with E-state index < -0.39 is 23.4 Å². The Morgan fingerprint density at radius 1 is 1.31 bits per heavy atom. The Balaban J connectivity index is 1.77. The second kappa shape index (κ2) is 7.36. The highest BCUT2D eigenvalue weighted by molar-refractivity contribution is 6.03. The Kier molecular flexibility index (Phi) is 5.17. The topological polar surface area (TPSA) is 114 Å². The predicted octanol–water partition coefficient (Wildman–Crippen LogP) is 0.774. The summed E-state index contributed by atoms with van der Waals surface area (Å²) in [6.07, 6.45) is 0.728. The highest BCUT2D eigenvalue weighted by Crippen LogP contribution is 2.42. The number of nitrogens with one attached hydrogen (secondary N) is 1. The number of aliphatic hydroxyl groups excluding tert-OH is 2. The summed E-state index contributed by atoms with van der Waals surface area (Å²) in [6.45, 7) is 1.27. The average Bonchev–Trinajstić information content (AvgIpc) is 2.99. The van der Waals surface area contributed by atoms with E-state index in [-0.39, 0.29) is 24.9 Å². The van der Waals surface area contributed by atoms with Crippen LogP contribution < -0.4 is 11.0 Å². The second-order valence-corrected chi connectivity index (χ2v) is 6.44. The minimum Gasteiger partial charge on any atom is -0.396 e. The lowest BCUT2D eigenvalue weighted by Crippen LogP contribution is -2.36. The normalized spacial score (nSPS) is 21.5. The smallest absolute Gasteiger partial charge is 0.351 e. The lowest BCUT2D eigenvalue weighted by Gasteiger charge is -2.26. The first-order chi connectivity index (χ1) is 12.5. The van der Waals surface area contributed by atoms with E-state index in [1.165, 1.54) is 16.8 Å². The van der Waals surface area contributed by atoms with Crippen molar-refractivity contribution >= 4 is 11.7 Å². The number of hydrogen-bond donors (Lipinski definition) is 3. The SMILES string of the molecule is C[C@H]1O[C@H](n2ccc(NC(=O)c3ccccc3)nc2=O)CC1(CO)CO. The molecule has 8 nitrogen and oxygen atoms in total. The average molecular weight is 359 g/mol. The maximum atomic E-state index is 12.3. The van der Waals surface area contributed by atoms with E-state index in [0.29, 0.717) is 12.0 Å². The van der Waals surface area contributed by atoms with Crippen LogP contribution in [0.1, 0.15) is 29.9 Å². The van der Waals surface area contributed by atoms with Crippen molar-refractivity contribution in [3.05, 3.63) is 58.6 Å². The molecule has 2 aromatic rings. The molecule has 1 aliphatic heterocycles. The number of benzene rings is 1. The van der Waals surface area contributed by atoms with Gasteiger partial charge in [0.25, 0.3) is 5.91 Å². The molecule has 1 aliphatic rings. The molecule has 0 saturated carbocycles. The van der Waals surface area contributed by atoms with E-state index in [1.54, 1.807) is 37.3 Å². The molecule has 0 aliphatic carbocycles. The summed E-state index contributed by atoms with van der Waals surface area (Å²) in [4.78, 5) is 28.3. The number of aliphatic hydroxyl groups is 2. The van der Waals surface area contributed by atoms with Crippen molar-refractivity contribution in [1.29, 1.82) is 0 Å². The molecule has 26 heavy (non-hydrogen) atoms. The molecule has 1 aromatic heterocycles. The Labute approximate surface area is 150 Å². The molecule has 0 radical (unpaired) electrons. The molecule has 3 rings (SSSR count). The van der Waals surface area contributed by atoms with E-state index in [0.717, 1.165) is 0 Å². The molecule has 138 valence electrons. The van der Waals surface area contributed by atoms with E-state index >= 15 is 0 Å². The fourth-order valence-corrected chi connectivity index (χ4v) is 3.02. The maximum absolute atomic E-state index is 12.3. The molecule has 0 spiro atoms. The van der Waals surface area contributed by atoms with E-state index in [1.807, 2.05) is 0 Å². The first kappa shape index (κ1) is 18.2. The van der Waals surface area contributed by atoms with Crippen molar-refractivity contribution in [2.24, 2.45) is 5.41 Å². The van der Waals surface area contributed by atoms with Crippen molar-refractivity contribution in [3.63, 3.8) is 0 Å². The summed E-state index contributed by atoms with van der Waals surface area (Å²) in [7, 11) is 0. The highest BCUT2D eigenvalue weighted by atomic mass is 16.5. The molecular weight excluding hydrogens is 338 g/mol. The van der Waals surface area contributed by atoms with Gasteiger partial charge < -0.3 is 20.3 Å². The van der Waals surface area contributed by atoms with Crippen LogP contribution in [-0.4, -0.2) is 45.0 Å². The Bertz CT molecular complexity index is 832. The molecule has 1 aromatic carbocycles. The third-order valence-corrected chi connectivity index (χ3v) is 4.85. The number of ether oxygens (including phenoxy) is 1. The molecule has 2 atom stereocenters. The summed E-state index contributed by atoms with van der Waals surface area (Å²) in [5.41, 5.74) is -0.925. The monoisotopic (exact) mass is 359 g/mol. The van der Waals surface area contributed by atoms with Gasteiger partial charge >= 0.3 is 5.69 Å². The maximum Gasteiger partial charge on any atom is 0.351 e. The first-order valence-electron chi connectivity index (χ1n) is 8.32. The number of nitrogens with zero attached hydrogens (tertiary/aromatic N) is 2. The van der Waals surface area contributed by atoms with Crippen LogP contribution in [0.3, 0.4) is 0 Å². The third-order valence-electron chi connectivity index (χ3n) is 4.85. The minimum absolute atomic E-state index is 0.140. The van der Waals surface area contributed by atoms with Gasteiger partial charge in [0.05, 0.1) is 19.3 Å². The standard InChI is InChI=1S/C18H21N3O5/c1-12-18(10-22,11-23)9-15(26-12)21-8-7-14(20-17(21)25)19-16(24)13-5-3-2-4-6-13/h2-8,12,15,22-23H,9-11H2,1H3,(H,19,20,24,25)/t12-,15+/m1/s1. The van der Waals surface area contributed by atoms with Gasteiger partial charge in [-0.15, -0.1) is 0 Å². The molecular formula is C18H21N3O5. The van der Waals surface area contributed by atoms with Crippen LogP contribution in [0.15, 0.2) is 47.4 Å². The van der Waals surface area contributed by atoms with Crippen LogP contribution in [-0.2, 0) is 4.74 Å². The second-order valence-electron chi connectivity index (χ2n) is 6.44. The summed E-state index contributed by atoms with van der Waals surface area (Å²) in [6, 6.07) is 10.1. The fraction of sp³-hybridized carbons (Fsp3) is 0.389. The number of carbonyl (C=O) groups excluding carboxylic acids is 1. The van der Waals surface area contributed by atoms with Gasteiger partial charge in [0.1, 0.15) is 12.0 Å². The van der Waals surface area contributed by atoms with Gasteiger partial charge in [-0.05, 0) is 25.1 Å². The summed E-state index contributed by atoms with van der Waals surface area (Å²) >= 11 is 0. The Morgan fingerprint density at radius 3 is 2.58 bits per heavy atom. The minimum atomic E-state index is -0.801. The van der Waals surface area contributed by atoms with Crippen molar-refractivity contribution < 1.29 is 19.7 Å². The van der Waals surface area contributed by atoms with Gasteiger partial charge in [0, 0.05) is 23.6 Å². The van der Waals surface area contributed by atoms with E-state index in [4.69, 9.17) is 4.74 Å². The lowest BCUT2D eigenvalue weighted by atomic mass is 9.83. The molecule has 3 N–H and O–H groups in total. The van der Waals surface area contributed by atoms with Crippen LogP contribution in [0.25, 0.3) is 0 Å². The van der Waals surface area contributed by atoms with Crippen LogP contribution in [0.4, 0.5) is 5.82 Å². The molecule has 8 heteroatoms. The lowest BCUT2D eigenvalue weighted by molar-refractivity contribution is -0.0367. The Hall–Kier alpha value is -2.55. The van der Waals surface area contributed by atoms with Crippen molar-refractivity contribution in [2.75, 3.05) is 18.5 Å². The predicted molar refractivity (Wildman–Crippen MR) is 93.7 cm³/mol. The van der Waals surface area contributed by atoms with E-state index in [2.05, 4.69) is 10.3 Å². The van der Waals surface area contributed by atoms with Gasteiger partial charge in [-0.3, -0.25) is 9.36 Å². The van der Waals surface area contributed by atoms with Gasteiger partial charge in [-0.2, -0.15) is 4.98 Å². The number of anilines is 1. The zero-order valence-corrected chi connectivity index (χ0v) is 14.3. The van der Waals surface area contributed by atoms with Gasteiger partial charge in [0.15, 0.2) is 0 Å². The quantitative estimate of drug-likeness (QED) is 0.727. The van der Waals surface area contributed by atoms with Crippen molar-refractivity contribution in [3.8, 4) is 0 Å². The first-order valence-corrected chi connectivity index (χ1v) is 8.32. The number of hydrogen-bond acceptors (Lipinski definition) is 6. The highest BCUT2D eigenvalue weighted by Gasteiger charge is 2.46. The molecule has 1 amide bonds. The van der Waals surface area contributed by atoms with Gasteiger partial charge in [-0.1, -0.05) is 18.2 Å². The number of amides is 1. The summed E-state index contributed by atoms with van der Waals surface area (Å²) < 4.78 is 7.03. The number of rotatable bonds is 5. The van der Waals surface area contributed by atoms with Gasteiger partial charge in [-0.25, -0.2) is 4.79 Å². The third kappa shape index (κ3) is 3.39. The zero-order chi connectivity index (χ0) is 18.7. The van der Waals surface area contributed by atoms with Crippen LogP contribution in [0, 0.1) is 5.41 Å². The summed E-state index contributed by atoms with van der Waals surface area (Å²) in [5, 5.41) is 21.7. The molecule has 1 saturated heterocycles. The molecule has 2 heterocycles. The molecule has 0 bridgehead atoms. The Morgan fingerprint density at radius 2 is 2.00 bits per heavy atom. The number of carbonyl (C=O) groups is 1. The fourth-order valence-electron chi connectivity index (χ4n) is 3.02. The van der Waals surface area contributed by atoms with Gasteiger partial charge in [0.2, 0.25) is 0 Å². The number of aromatic nitrogens is 2. The van der Waals surface area contributed by atoms with Crippen LogP contribution in [0.5, 0.6) is 0 Å². The largest absolute Gasteiger partial charge is 0.396 e. The molecule has 1 fully saturated rings. The summed E-state index contributed by atoms with van der Waals surface area (Å²) in [5.74, 6) is -0.220. The van der Waals surface area contributed by atoms with Crippen molar-refractivity contribution in [1.82, 2.24) is 9.55 Å². The van der Waals surface area contributed by atoms with E-state index in [9.17, 15) is 19.8 Å².